The Bertz CT molecular complexity index is 957. The highest BCUT2D eigenvalue weighted by Gasteiger charge is 2.22. The van der Waals surface area contributed by atoms with Crippen molar-refractivity contribution >= 4 is 10.9 Å². The van der Waals surface area contributed by atoms with Gasteiger partial charge in [-0.25, -0.2) is 4.39 Å². The van der Waals surface area contributed by atoms with Crippen molar-refractivity contribution < 1.29 is 4.39 Å². The molecule has 0 N–H and O–H groups in total. The number of halogens is 1. The molecule has 1 saturated heterocycles. The number of aryl methyl sites for hydroxylation is 1. The molecule has 4 heteroatoms. The number of piperidine rings is 1. The molecular weight excluding hydrogens is 325 g/mol. The van der Waals surface area contributed by atoms with E-state index in [4.69, 9.17) is 5.26 Å². The summed E-state index contributed by atoms with van der Waals surface area (Å²) < 4.78 is 15.7. The normalized spacial score (nSPS) is 16.0. The lowest BCUT2D eigenvalue weighted by Gasteiger charge is -2.31. The van der Waals surface area contributed by atoms with Crippen LogP contribution in [0.2, 0.25) is 0 Å². The molecule has 0 radical (unpaired) electrons. The molecule has 1 aliphatic heterocycles. The van der Waals surface area contributed by atoms with E-state index in [1.54, 1.807) is 0 Å². The van der Waals surface area contributed by atoms with E-state index < -0.39 is 0 Å². The van der Waals surface area contributed by atoms with E-state index in [1.165, 1.54) is 28.6 Å². The smallest absolute Gasteiger partial charge is 0.123 e. The first kappa shape index (κ1) is 16.8. The minimum atomic E-state index is -0.210. The van der Waals surface area contributed by atoms with Crippen LogP contribution < -0.4 is 0 Å². The predicted molar refractivity (Wildman–Crippen MR) is 102 cm³/mol. The number of nitrogens with zero attached hydrogens (tertiary/aromatic N) is 3. The molecule has 3 aromatic rings. The molecule has 2 heterocycles. The van der Waals surface area contributed by atoms with Crippen molar-refractivity contribution in [2.24, 2.45) is 0 Å². The van der Waals surface area contributed by atoms with Gasteiger partial charge in [-0.3, -0.25) is 4.90 Å². The molecule has 0 bridgehead atoms. The Hall–Kier alpha value is -2.64. The van der Waals surface area contributed by atoms with Crippen molar-refractivity contribution in [3.8, 4) is 17.2 Å². The zero-order chi connectivity index (χ0) is 18.1. The van der Waals surface area contributed by atoms with Crippen LogP contribution in [0.3, 0.4) is 0 Å². The first-order valence-electron chi connectivity index (χ1n) is 9.12. The van der Waals surface area contributed by atoms with Gasteiger partial charge < -0.3 is 4.57 Å². The molecule has 26 heavy (non-hydrogen) atoms. The summed E-state index contributed by atoms with van der Waals surface area (Å²) in [4.78, 5) is 2.22. The highest BCUT2D eigenvalue weighted by atomic mass is 19.1. The van der Waals surface area contributed by atoms with Crippen molar-refractivity contribution in [2.75, 3.05) is 19.6 Å². The van der Waals surface area contributed by atoms with Crippen LogP contribution in [-0.4, -0.2) is 29.1 Å². The molecular formula is C22H22FN3. The Kier molecular flexibility index (Phi) is 4.48. The third-order valence-corrected chi connectivity index (χ3v) is 5.39. The Morgan fingerprint density at radius 3 is 2.54 bits per heavy atom. The second-order valence-corrected chi connectivity index (χ2v) is 7.14. The minimum Gasteiger partial charge on any atom is -0.344 e. The maximum absolute atomic E-state index is 13.3. The van der Waals surface area contributed by atoms with Gasteiger partial charge in [0, 0.05) is 41.8 Å². The zero-order valence-corrected chi connectivity index (χ0v) is 15.0. The molecule has 0 atom stereocenters. The second-order valence-electron chi connectivity index (χ2n) is 7.14. The van der Waals surface area contributed by atoms with Crippen LogP contribution >= 0.6 is 0 Å². The summed E-state index contributed by atoms with van der Waals surface area (Å²) in [5.41, 5.74) is 4.65. The Morgan fingerprint density at radius 2 is 1.85 bits per heavy atom. The lowest BCUT2D eigenvalue weighted by Crippen LogP contribution is -2.34. The maximum atomic E-state index is 13.3. The summed E-state index contributed by atoms with van der Waals surface area (Å²) in [6.45, 7) is 4.52. The highest BCUT2D eigenvalue weighted by Crippen LogP contribution is 2.35. The number of rotatable bonds is 3. The Labute approximate surface area is 153 Å². The lowest BCUT2D eigenvalue weighted by atomic mass is 10.0. The summed E-state index contributed by atoms with van der Waals surface area (Å²) in [7, 11) is 0. The van der Waals surface area contributed by atoms with E-state index in [1.807, 2.05) is 12.1 Å². The van der Waals surface area contributed by atoms with Gasteiger partial charge in [0.2, 0.25) is 0 Å². The average molecular weight is 347 g/mol. The van der Waals surface area contributed by atoms with Gasteiger partial charge in [-0.2, -0.15) is 5.26 Å². The van der Waals surface area contributed by atoms with E-state index in [-0.39, 0.29) is 5.82 Å². The van der Waals surface area contributed by atoms with Crippen LogP contribution in [-0.2, 0) is 0 Å². The summed E-state index contributed by atoms with van der Waals surface area (Å²) in [5.74, 6) is -0.210. The van der Waals surface area contributed by atoms with Crippen LogP contribution in [0.25, 0.3) is 22.0 Å². The first-order valence-corrected chi connectivity index (χ1v) is 9.12. The fourth-order valence-electron chi connectivity index (χ4n) is 3.99. The van der Waals surface area contributed by atoms with Crippen LogP contribution in [0.1, 0.15) is 24.4 Å². The SMILES string of the molecule is Cc1ccc2c(c1)c(-c1ccc(F)cc1)cn2C1CCN(CC#N)CC1. The summed E-state index contributed by atoms with van der Waals surface area (Å²) in [6, 6.07) is 16.0. The Balaban J connectivity index is 1.74. The van der Waals surface area contributed by atoms with Crippen molar-refractivity contribution in [2.45, 2.75) is 25.8 Å². The third-order valence-electron chi connectivity index (χ3n) is 5.39. The van der Waals surface area contributed by atoms with E-state index in [9.17, 15) is 4.39 Å². The summed E-state index contributed by atoms with van der Waals surface area (Å²) in [6.07, 6.45) is 4.31. The van der Waals surface area contributed by atoms with E-state index in [2.05, 4.69) is 46.9 Å². The van der Waals surface area contributed by atoms with Crippen molar-refractivity contribution in [3.63, 3.8) is 0 Å². The number of fused-ring (bicyclic) bond motifs is 1. The molecule has 0 aliphatic carbocycles. The van der Waals surface area contributed by atoms with Crippen LogP contribution in [0, 0.1) is 24.1 Å². The number of hydrogen-bond donors (Lipinski definition) is 0. The average Bonchev–Trinajstić information content (AvgIpc) is 3.02. The van der Waals surface area contributed by atoms with Crippen LogP contribution in [0.4, 0.5) is 4.39 Å². The molecule has 1 aliphatic rings. The highest BCUT2D eigenvalue weighted by molar-refractivity contribution is 5.96. The van der Waals surface area contributed by atoms with Gasteiger partial charge in [0.05, 0.1) is 12.6 Å². The predicted octanol–water partition coefficient (Wildman–Crippen LogP) is 4.92. The molecule has 1 aromatic heterocycles. The monoisotopic (exact) mass is 347 g/mol. The van der Waals surface area contributed by atoms with Gasteiger partial charge in [-0.05, 0) is 49.6 Å². The van der Waals surface area contributed by atoms with Gasteiger partial charge in [0.25, 0.3) is 0 Å². The van der Waals surface area contributed by atoms with Gasteiger partial charge >= 0.3 is 0 Å². The molecule has 0 saturated carbocycles. The lowest BCUT2D eigenvalue weighted by molar-refractivity contribution is 0.207. The van der Waals surface area contributed by atoms with Crippen molar-refractivity contribution in [1.29, 1.82) is 5.26 Å². The summed E-state index contributed by atoms with van der Waals surface area (Å²) >= 11 is 0. The van der Waals surface area contributed by atoms with Crippen LogP contribution in [0.15, 0.2) is 48.7 Å². The van der Waals surface area contributed by atoms with E-state index >= 15 is 0 Å². The van der Waals surface area contributed by atoms with Gasteiger partial charge in [0.1, 0.15) is 5.82 Å². The number of benzene rings is 2. The van der Waals surface area contributed by atoms with Gasteiger partial charge in [-0.15, -0.1) is 0 Å². The van der Waals surface area contributed by atoms with Crippen molar-refractivity contribution in [3.05, 3.63) is 60.0 Å². The summed E-state index contributed by atoms with van der Waals surface area (Å²) in [5, 5.41) is 10.1. The van der Waals surface area contributed by atoms with Gasteiger partial charge in [0.15, 0.2) is 0 Å². The molecule has 132 valence electrons. The quantitative estimate of drug-likeness (QED) is 0.630. The standard InChI is InChI=1S/C22H22FN3/c1-16-2-7-22-20(14-16)21(17-3-5-18(23)6-4-17)15-26(22)19-8-11-25(12-9-19)13-10-24/h2-7,14-15,19H,8-9,11-13H2,1H3. The Morgan fingerprint density at radius 1 is 1.12 bits per heavy atom. The maximum Gasteiger partial charge on any atom is 0.123 e. The third kappa shape index (κ3) is 3.11. The van der Waals surface area contributed by atoms with E-state index in [0.717, 1.165) is 37.1 Å². The number of likely N-dealkylation sites (tertiary alicyclic amines) is 1. The van der Waals surface area contributed by atoms with Gasteiger partial charge in [-0.1, -0.05) is 23.8 Å². The molecule has 0 spiro atoms. The van der Waals surface area contributed by atoms with E-state index in [0.29, 0.717) is 12.6 Å². The second kappa shape index (κ2) is 6.93. The fourth-order valence-corrected chi connectivity index (χ4v) is 3.99. The largest absolute Gasteiger partial charge is 0.344 e. The molecule has 0 unspecified atom stereocenters. The molecule has 3 nitrogen and oxygen atoms in total. The molecule has 1 fully saturated rings. The minimum absolute atomic E-state index is 0.210. The number of aromatic nitrogens is 1. The number of hydrogen-bond acceptors (Lipinski definition) is 2. The van der Waals surface area contributed by atoms with Crippen molar-refractivity contribution in [1.82, 2.24) is 9.47 Å². The first-order chi connectivity index (χ1) is 12.7. The van der Waals surface area contributed by atoms with Crippen LogP contribution in [0.5, 0.6) is 0 Å². The number of nitriles is 1. The molecule has 2 aromatic carbocycles. The molecule has 0 amide bonds. The fraction of sp³-hybridized carbons (Fsp3) is 0.318. The zero-order valence-electron chi connectivity index (χ0n) is 15.0. The topological polar surface area (TPSA) is 32.0 Å². The molecule has 4 rings (SSSR count).